The molecule has 0 aromatic heterocycles. The molecule has 12 heavy (non-hydrogen) atoms. The second-order valence-electron chi connectivity index (χ2n) is 3.91. The fourth-order valence-corrected chi connectivity index (χ4v) is 3.22. The van der Waals surface area contributed by atoms with E-state index in [0.717, 1.165) is 5.92 Å². The molecule has 2 heteroatoms. The first-order chi connectivity index (χ1) is 5.92. The van der Waals surface area contributed by atoms with Crippen molar-refractivity contribution < 1.29 is 4.74 Å². The van der Waals surface area contributed by atoms with E-state index in [1.54, 1.807) is 0 Å². The van der Waals surface area contributed by atoms with Crippen molar-refractivity contribution in [2.45, 2.75) is 44.8 Å². The number of epoxide rings is 1. The summed E-state index contributed by atoms with van der Waals surface area (Å²) in [7, 11) is 0. The molecule has 3 unspecified atom stereocenters. The molecule has 1 saturated heterocycles. The zero-order chi connectivity index (χ0) is 8.39. The third-order valence-corrected chi connectivity index (χ3v) is 4.19. The third-order valence-electron chi connectivity index (χ3n) is 2.83. The lowest BCUT2D eigenvalue weighted by Crippen LogP contribution is -2.18. The topological polar surface area (TPSA) is 12.5 Å². The Hall–Kier alpha value is 0.310. The maximum Gasteiger partial charge on any atom is 0.0877 e. The van der Waals surface area contributed by atoms with Gasteiger partial charge in [0.2, 0.25) is 0 Å². The van der Waals surface area contributed by atoms with Gasteiger partial charge < -0.3 is 4.74 Å². The number of hydrogen-bond donors (Lipinski definition) is 0. The standard InChI is InChI=1S/C10H18OS/c1-2-6-12-7-8-4-3-5-9-10(8)11-9/h8-10H,2-7H2,1H3. The summed E-state index contributed by atoms with van der Waals surface area (Å²) in [5, 5.41) is 0. The van der Waals surface area contributed by atoms with Crippen molar-refractivity contribution in [3.8, 4) is 0 Å². The van der Waals surface area contributed by atoms with Crippen molar-refractivity contribution in [1.82, 2.24) is 0 Å². The van der Waals surface area contributed by atoms with Crippen LogP contribution in [0.25, 0.3) is 0 Å². The fourth-order valence-electron chi connectivity index (χ4n) is 2.11. The molecule has 0 N–H and O–H groups in total. The van der Waals surface area contributed by atoms with Crippen molar-refractivity contribution in [1.29, 1.82) is 0 Å². The Morgan fingerprint density at radius 2 is 2.33 bits per heavy atom. The summed E-state index contributed by atoms with van der Waals surface area (Å²) in [5.74, 6) is 3.56. The van der Waals surface area contributed by atoms with E-state index in [1.807, 2.05) is 0 Å². The van der Waals surface area contributed by atoms with E-state index in [-0.39, 0.29) is 0 Å². The van der Waals surface area contributed by atoms with Crippen molar-refractivity contribution >= 4 is 11.8 Å². The summed E-state index contributed by atoms with van der Waals surface area (Å²) in [6.45, 7) is 2.25. The summed E-state index contributed by atoms with van der Waals surface area (Å²) in [6.07, 6.45) is 6.80. The summed E-state index contributed by atoms with van der Waals surface area (Å²) in [4.78, 5) is 0. The average molecular weight is 186 g/mol. The minimum atomic E-state index is 0.670. The van der Waals surface area contributed by atoms with Crippen LogP contribution in [0.15, 0.2) is 0 Å². The van der Waals surface area contributed by atoms with Crippen LogP contribution in [0.2, 0.25) is 0 Å². The van der Waals surface area contributed by atoms with Gasteiger partial charge in [0.25, 0.3) is 0 Å². The van der Waals surface area contributed by atoms with Crippen molar-refractivity contribution in [2.24, 2.45) is 5.92 Å². The highest BCUT2D eigenvalue weighted by atomic mass is 32.2. The maximum atomic E-state index is 5.61. The van der Waals surface area contributed by atoms with Gasteiger partial charge in [-0.1, -0.05) is 13.3 Å². The van der Waals surface area contributed by atoms with Crippen LogP contribution in [0, 0.1) is 5.92 Å². The minimum absolute atomic E-state index is 0.670. The molecule has 3 atom stereocenters. The lowest BCUT2D eigenvalue weighted by molar-refractivity contribution is 0.338. The zero-order valence-electron chi connectivity index (χ0n) is 7.79. The minimum Gasteiger partial charge on any atom is -0.369 e. The van der Waals surface area contributed by atoms with Crippen LogP contribution in [0.3, 0.4) is 0 Å². The molecule has 1 heterocycles. The summed E-state index contributed by atoms with van der Waals surface area (Å²) < 4.78 is 5.61. The Kier molecular flexibility index (Phi) is 2.97. The van der Waals surface area contributed by atoms with Gasteiger partial charge in [0.1, 0.15) is 0 Å². The number of hydrogen-bond acceptors (Lipinski definition) is 2. The molecule has 0 aromatic carbocycles. The molecule has 1 aliphatic heterocycles. The third kappa shape index (κ3) is 1.97. The van der Waals surface area contributed by atoms with Crippen LogP contribution in [0.5, 0.6) is 0 Å². The molecule has 0 radical (unpaired) electrons. The fraction of sp³-hybridized carbons (Fsp3) is 1.00. The monoisotopic (exact) mass is 186 g/mol. The van der Waals surface area contributed by atoms with Gasteiger partial charge >= 0.3 is 0 Å². The lowest BCUT2D eigenvalue weighted by atomic mass is 9.91. The van der Waals surface area contributed by atoms with Crippen LogP contribution >= 0.6 is 11.8 Å². The Balaban J connectivity index is 1.66. The molecule has 1 aliphatic carbocycles. The van der Waals surface area contributed by atoms with Crippen LogP contribution in [0.1, 0.15) is 32.6 Å². The largest absolute Gasteiger partial charge is 0.369 e. The zero-order valence-corrected chi connectivity index (χ0v) is 8.61. The molecular weight excluding hydrogens is 168 g/mol. The van der Waals surface area contributed by atoms with Gasteiger partial charge in [-0.05, 0) is 36.7 Å². The van der Waals surface area contributed by atoms with Crippen molar-refractivity contribution in [3.05, 3.63) is 0 Å². The van der Waals surface area contributed by atoms with Crippen LogP contribution in [-0.4, -0.2) is 23.7 Å². The second kappa shape index (κ2) is 4.01. The Morgan fingerprint density at radius 3 is 3.17 bits per heavy atom. The van der Waals surface area contributed by atoms with Gasteiger partial charge in [-0.15, -0.1) is 0 Å². The van der Waals surface area contributed by atoms with Crippen LogP contribution < -0.4 is 0 Å². The predicted octanol–water partition coefficient (Wildman–Crippen LogP) is 2.70. The van der Waals surface area contributed by atoms with E-state index in [1.165, 1.54) is 37.2 Å². The van der Waals surface area contributed by atoms with Gasteiger partial charge in [-0.25, -0.2) is 0 Å². The predicted molar refractivity (Wildman–Crippen MR) is 53.6 cm³/mol. The first-order valence-electron chi connectivity index (χ1n) is 5.15. The lowest BCUT2D eigenvalue weighted by Gasteiger charge is -2.17. The Morgan fingerprint density at radius 1 is 1.42 bits per heavy atom. The summed E-state index contributed by atoms with van der Waals surface area (Å²) in [5.41, 5.74) is 0. The molecular formula is C10H18OS. The molecule has 70 valence electrons. The van der Waals surface area contributed by atoms with Crippen molar-refractivity contribution in [3.63, 3.8) is 0 Å². The highest BCUT2D eigenvalue weighted by Gasteiger charge is 2.46. The number of ether oxygens (including phenoxy) is 1. The molecule has 0 bridgehead atoms. The summed E-state index contributed by atoms with van der Waals surface area (Å²) in [6, 6.07) is 0. The summed E-state index contributed by atoms with van der Waals surface area (Å²) >= 11 is 2.11. The normalized spacial score (nSPS) is 39.2. The van der Waals surface area contributed by atoms with E-state index in [0.29, 0.717) is 12.2 Å². The highest BCUT2D eigenvalue weighted by molar-refractivity contribution is 7.99. The highest BCUT2D eigenvalue weighted by Crippen LogP contribution is 2.41. The van der Waals surface area contributed by atoms with Gasteiger partial charge in [0.15, 0.2) is 0 Å². The van der Waals surface area contributed by atoms with Crippen molar-refractivity contribution in [2.75, 3.05) is 11.5 Å². The quantitative estimate of drug-likeness (QED) is 0.494. The molecule has 0 aromatic rings. The van der Waals surface area contributed by atoms with Gasteiger partial charge in [-0.3, -0.25) is 0 Å². The Bertz CT molecular complexity index is 149. The van der Waals surface area contributed by atoms with Gasteiger partial charge in [0, 0.05) is 0 Å². The molecule has 0 amide bonds. The molecule has 2 fully saturated rings. The second-order valence-corrected chi connectivity index (χ2v) is 5.05. The molecule has 2 rings (SSSR count). The number of fused-ring (bicyclic) bond motifs is 1. The van der Waals surface area contributed by atoms with Gasteiger partial charge in [-0.2, -0.15) is 11.8 Å². The molecule has 1 saturated carbocycles. The smallest absolute Gasteiger partial charge is 0.0877 e. The SMILES string of the molecule is CCCSCC1CCCC2OC12. The van der Waals surface area contributed by atoms with Gasteiger partial charge in [0.05, 0.1) is 12.2 Å². The average Bonchev–Trinajstić information content (AvgIpc) is 2.84. The molecule has 2 aliphatic rings. The van der Waals surface area contributed by atoms with E-state index in [4.69, 9.17) is 4.74 Å². The molecule has 0 spiro atoms. The van der Waals surface area contributed by atoms with Crippen LogP contribution in [-0.2, 0) is 4.74 Å². The van der Waals surface area contributed by atoms with E-state index in [2.05, 4.69) is 18.7 Å². The van der Waals surface area contributed by atoms with E-state index < -0.39 is 0 Å². The Labute approximate surface area is 79.2 Å². The first kappa shape index (κ1) is 8.89. The number of rotatable bonds is 4. The molecule has 1 nitrogen and oxygen atoms in total. The van der Waals surface area contributed by atoms with E-state index >= 15 is 0 Å². The van der Waals surface area contributed by atoms with Crippen LogP contribution in [0.4, 0.5) is 0 Å². The van der Waals surface area contributed by atoms with E-state index in [9.17, 15) is 0 Å². The number of thioether (sulfide) groups is 1. The first-order valence-corrected chi connectivity index (χ1v) is 6.30. The maximum absolute atomic E-state index is 5.61.